The summed E-state index contributed by atoms with van der Waals surface area (Å²) in [6.07, 6.45) is 0.967. The van der Waals surface area contributed by atoms with Crippen molar-refractivity contribution in [2.24, 2.45) is 11.8 Å². The summed E-state index contributed by atoms with van der Waals surface area (Å²) in [6.45, 7) is 3.75. The van der Waals surface area contributed by atoms with Crippen LogP contribution >= 0.6 is 15.9 Å². The number of hydrogen-bond acceptors (Lipinski definition) is 3. The van der Waals surface area contributed by atoms with Crippen LogP contribution in [0.15, 0.2) is 33.6 Å². The van der Waals surface area contributed by atoms with Gasteiger partial charge >= 0.3 is 0 Å². The van der Waals surface area contributed by atoms with Crippen molar-refractivity contribution in [3.63, 3.8) is 0 Å². The Labute approximate surface area is 139 Å². The molecule has 0 radical (unpaired) electrons. The zero-order valence-electron chi connectivity index (χ0n) is 12.4. The maximum Gasteiger partial charge on any atom is 0.244 e. The average molecular weight is 387 g/mol. The number of rotatable bonds is 3. The molecule has 1 aliphatic heterocycles. The van der Waals surface area contributed by atoms with Crippen LogP contribution in [0.5, 0.6) is 0 Å². The highest BCUT2D eigenvalue weighted by molar-refractivity contribution is 9.10. The Morgan fingerprint density at radius 1 is 1.18 bits per heavy atom. The molecule has 0 unspecified atom stereocenters. The summed E-state index contributed by atoms with van der Waals surface area (Å²) in [7, 11) is -3.51. The standard InChI is InChI=1S/C15H19BrN2O3S/c1-11-10-12(11)15(19)17-6-8-18(9-7-17)22(20,21)14-5-3-2-4-13(14)16/h2-5,11-12H,6-10H2,1H3/t11-,12+/m1/s1. The van der Waals surface area contributed by atoms with E-state index in [4.69, 9.17) is 0 Å². The van der Waals surface area contributed by atoms with Crippen LogP contribution < -0.4 is 0 Å². The minimum Gasteiger partial charge on any atom is -0.340 e. The molecule has 2 atom stereocenters. The van der Waals surface area contributed by atoms with Gasteiger partial charge in [-0.05, 0) is 40.4 Å². The lowest BCUT2D eigenvalue weighted by Gasteiger charge is -2.34. The maximum atomic E-state index is 12.7. The number of piperazine rings is 1. The molecule has 1 aromatic carbocycles. The Bertz CT molecular complexity index is 684. The van der Waals surface area contributed by atoms with E-state index in [1.807, 2.05) is 0 Å². The fourth-order valence-corrected chi connectivity index (χ4v) is 5.23. The second kappa shape index (κ2) is 5.94. The second-order valence-corrected chi connectivity index (χ2v) is 8.74. The average Bonchev–Trinajstić information content (AvgIpc) is 3.24. The van der Waals surface area contributed by atoms with E-state index in [2.05, 4.69) is 22.9 Å². The SMILES string of the molecule is C[C@@H]1C[C@@H]1C(=O)N1CCN(S(=O)(=O)c2ccccc2Br)CC1. The summed E-state index contributed by atoms with van der Waals surface area (Å²) < 4.78 is 27.4. The molecule has 5 nitrogen and oxygen atoms in total. The number of hydrogen-bond donors (Lipinski definition) is 0. The van der Waals surface area contributed by atoms with E-state index in [1.165, 1.54) is 4.31 Å². The molecule has 1 aromatic rings. The Kier molecular flexibility index (Phi) is 4.31. The van der Waals surface area contributed by atoms with Crippen molar-refractivity contribution in [3.8, 4) is 0 Å². The van der Waals surface area contributed by atoms with E-state index in [1.54, 1.807) is 29.2 Å². The molecule has 2 aliphatic rings. The number of halogens is 1. The molecule has 120 valence electrons. The van der Waals surface area contributed by atoms with Crippen molar-refractivity contribution < 1.29 is 13.2 Å². The summed E-state index contributed by atoms with van der Waals surface area (Å²) in [6, 6.07) is 6.83. The zero-order chi connectivity index (χ0) is 15.9. The van der Waals surface area contributed by atoms with E-state index < -0.39 is 10.0 Å². The first kappa shape index (κ1) is 16.0. The summed E-state index contributed by atoms with van der Waals surface area (Å²) in [5.74, 6) is 0.825. The molecule has 1 saturated heterocycles. The van der Waals surface area contributed by atoms with Crippen LogP contribution in [0.3, 0.4) is 0 Å². The molecule has 2 fully saturated rings. The molecule has 0 aromatic heterocycles. The van der Waals surface area contributed by atoms with Crippen molar-refractivity contribution in [2.75, 3.05) is 26.2 Å². The maximum absolute atomic E-state index is 12.7. The van der Waals surface area contributed by atoms with Crippen LogP contribution in [0, 0.1) is 11.8 Å². The normalized spacial score (nSPS) is 26.0. The molecule has 3 rings (SSSR count). The fraction of sp³-hybridized carbons (Fsp3) is 0.533. The lowest BCUT2D eigenvalue weighted by atomic mass is 10.2. The van der Waals surface area contributed by atoms with E-state index in [-0.39, 0.29) is 16.7 Å². The smallest absolute Gasteiger partial charge is 0.244 e. The van der Waals surface area contributed by atoms with Gasteiger partial charge in [0.1, 0.15) is 0 Å². The first-order valence-electron chi connectivity index (χ1n) is 7.44. The minimum absolute atomic E-state index is 0.159. The third-order valence-electron chi connectivity index (χ3n) is 4.43. The molecular formula is C15H19BrN2O3S. The molecule has 7 heteroatoms. The molecule has 1 heterocycles. The molecule has 1 amide bonds. The van der Waals surface area contributed by atoms with E-state index in [0.29, 0.717) is 36.6 Å². The number of benzene rings is 1. The third-order valence-corrected chi connectivity index (χ3v) is 7.34. The lowest BCUT2D eigenvalue weighted by Crippen LogP contribution is -2.51. The number of sulfonamides is 1. The van der Waals surface area contributed by atoms with Crippen molar-refractivity contribution in [1.82, 2.24) is 9.21 Å². The van der Waals surface area contributed by atoms with E-state index in [9.17, 15) is 13.2 Å². The Morgan fingerprint density at radius 2 is 1.77 bits per heavy atom. The third kappa shape index (κ3) is 2.94. The van der Waals surface area contributed by atoms with Crippen LogP contribution in [-0.4, -0.2) is 49.7 Å². The van der Waals surface area contributed by atoms with Gasteiger partial charge in [-0.3, -0.25) is 4.79 Å². The van der Waals surface area contributed by atoms with Gasteiger partial charge in [-0.1, -0.05) is 19.1 Å². The van der Waals surface area contributed by atoms with E-state index in [0.717, 1.165) is 6.42 Å². The Hall–Kier alpha value is -0.920. The van der Waals surface area contributed by atoms with Crippen LogP contribution in [0.2, 0.25) is 0 Å². The highest BCUT2D eigenvalue weighted by Crippen LogP contribution is 2.39. The molecule has 0 N–H and O–H groups in total. The van der Waals surface area contributed by atoms with Crippen molar-refractivity contribution >= 4 is 31.9 Å². The van der Waals surface area contributed by atoms with Gasteiger partial charge in [0.05, 0.1) is 4.90 Å². The number of carbonyl (C=O) groups is 1. The number of nitrogens with zero attached hydrogens (tertiary/aromatic N) is 2. The van der Waals surface area contributed by atoms with Crippen molar-refractivity contribution in [1.29, 1.82) is 0 Å². The quantitative estimate of drug-likeness (QED) is 0.797. The van der Waals surface area contributed by atoms with Gasteiger partial charge < -0.3 is 4.90 Å². The Balaban J connectivity index is 1.68. The van der Waals surface area contributed by atoms with Crippen LogP contribution in [0.1, 0.15) is 13.3 Å². The molecule has 0 bridgehead atoms. The molecule has 1 aliphatic carbocycles. The largest absolute Gasteiger partial charge is 0.340 e. The second-order valence-electron chi connectivity index (χ2n) is 5.98. The highest BCUT2D eigenvalue weighted by Gasteiger charge is 2.42. The zero-order valence-corrected chi connectivity index (χ0v) is 14.8. The van der Waals surface area contributed by atoms with Crippen molar-refractivity contribution in [2.45, 2.75) is 18.2 Å². The van der Waals surface area contributed by atoms with Gasteiger partial charge in [0.25, 0.3) is 0 Å². The van der Waals surface area contributed by atoms with Gasteiger partial charge in [0.15, 0.2) is 0 Å². The number of amides is 1. The monoisotopic (exact) mass is 386 g/mol. The van der Waals surface area contributed by atoms with Gasteiger partial charge in [-0.15, -0.1) is 0 Å². The van der Waals surface area contributed by atoms with Crippen LogP contribution in [-0.2, 0) is 14.8 Å². The molecular weight excluding hydrogens is 368 g/mol. The van der Waals surface area contributed by atoms with Gasteiger partial charge in [0.2, 0.25) is 15.9 Å². The fourth-order valence-electron chi connectivity index (χ4n) is 2.84. The Morgan fingerprint density at radius 3 is 2.32 bits per heavy atom. The van der Waals surface area contributed by atoms with Crippen LogP contribution in [0.4, 0.5) is 0 Å². The molecule has 22 heavy (non-hydrogen) atoms. The topological polar surface area (TPSA) is 57.7 Å². The first-order valence-corrected chi connectivity index (χ1v) is 9.68. The molecule has 1 saturated carbocycles. The number of carbonyl (C=O) groups excluding carboxylic acids is 1. The predicted molar refractivity (Wildman–Crippen MR) is 86.8 cm³/mol. The van der Waals surface area contributed by atoms with Crippen molar-refractivity contribution in [3.05, 3.63) is 28.7 Å². The predicted octanol–water partition coefficient (Wildman–Crippen LogP) is 1.94. The van der Waals surface area contributed by atoms with Gasteiger partial charge in [-0.25, -0.2) is 8.42 Å². The summed E-state index contributed by atoms with van der Waals surface area (Å²) in [5, 5.41) is 0. The van der Waals surface area contributed by atoms with Gasteiger partial charge in [-0.2, -0.15) is 4.31 Å². The summed E-state index contributed by atoms with van der Waals surface area (Å²) in [5.41, 5.74) is 0. The van der Waals surface area contributed by atoms with E-state index >= 15 is 0 Å². The summed E-state index contributed by atoms with van der Waals surface area (Å²) >= 11 is 3.30. The summed E-state index contributed by atoms with van der Waals surface area (Å²) in [4.78, 5) is 14.3. The lowest BCUT2D eigenvalue weighted by molar-refractivity contribution is -0.134. The van der Waals surface area contributed by atoms with Gasteiger partial charge in [0, 0.05) is 36.6 Å². The highest BCUT2D eigenvalue weighted by atomic mass is 79.9. The van der Waals surface area contributed by atoms with Crippen LogP contribution in [0.25, 0.3) is 0 Å². The minimum atomic E-state index is -3.51. The molecule has 0 spiro atoms. The first-order chi connectivity index (χ1) is 10.4.